The number of aliphatic imine (C=N–C) groups is 1. The summed E-state index contributed by atoms with van der Waals surface area (Å²) in [6, 6.07) is 13.0. The Morgan fingerprint density at radius 1 is 1.27 bits per heavy atom. The Balaban J connectivity index is 0.00000243. The second-order valence-corrected chi connectivity index (χ2v) is 6.37. The maximum Gasteiger partial charge on any atom is 0.191 e. The van der Waals surface area contributed by atoms with Crippen molar-refractivity contribution >= 4 is 29.9 Å². The van der Waals surface area contributed by atoms with Crippen molar-refractivity contribution in [3.8, 4) is 0 Å². The van der Waals surface area contributed by atoms with Gasteiger partial charge in [0.15, 0.2) is 5.96 Å². The fourth-order valence-electron chi connectivity index (χ4n) is 3.10. The zero-order chi connectivity index (χ0) is 17.5. The van der Waals surface area contributed by atoms with Crippen LogP contribution in [0.3, 0.4) is 0 Å². The quantitative estimate of drug-likeness (QED) is 0.403. The van der Waals surface area contributed by atoms with Crippen LogP contribution in [0.15, 0.2) is 47.6 Å². The lowest BCUT2D eigenvalue weighted by atomic mass is 10.2. The molecule has 26 heavy (non-hydrogen) atoms. The minimum absolute atomic E-state index is 0. The lowest BCUT2D eigenvalue weighted by molar-refractivity contribution is 0.324. The average molecular weight is 466 g/mol. The molecule has 0 amide bonds. The van der Waals surface area contributed by atoms with Crippen LogP contribution in [0, 0.1) is 6.92 Å². The number of rotatable bonds is 5. The molecule has 3 rings (SSSR count). The van der Waals surface area contributed by atoms with E-state index < -0.39 is 0 Å². The molecule has 0 saturated carbocycles. The van der Waals surface area contributed by atoms with Gasteiger partial charge in [0.25, 0.3) is 0 Å². The van der Waals surface area contributed by atoms with Crippen LogP contribution in [0.25, 0.3) is 0 Å². The molecule has 1 aliphatic heterocycles. The summed E-state index contributed by atoms with van der Waals surface area (Å²) in [6.45, 7) is 5.68. The number of hydrogen-bond donors (Lipinski definition) is 2. The topological polar surface area (TPSA) is 65.4 Å². The maximum atomic E-state index is 4.41. The van der Waals surface area contributed by atoms with E-state index in [1.165, 1.54) is 5.56 Å². The van der Waals surface area contributed by atoms with E-state index in [0.717, 1.165) is 43.5 Å². The SMILES string of the molecule is CN=C(NCc1ccnc(C)n1)NC1CCN(Cc2ccccc2)C1.I. The van der Waals surface area contributed by atoms with E-state index in [4.69, 9.17) is 0 Å². The zero-order valence-corrected chi connectivity index (χ0v) is 17.7. The summed E-state index contributed by atoms with van der Waals surface area (Å²) in [4.78, 5) is 15.3. The predicted molar refractivity (Wildman–Crippen MR) is 116 cm³/mol. The first-order valence-corrected chi connectivity index (χ1v) is 8.75. The van der Waals surface area contributed by atoms with Crippen LogP contribution in [0.2, 0.25) is 0 Å². The van der Waals surface area contributed by atoms with Crippen LogP contribution in [-0.2, 0) is 13.1 Å². The fraction of sp³-hybridized carbons (Fsp3) is 0.421. The highest BCUT2D eigenvalue weighted by atomic mass is 127. The Kier molecular flexibility index (Phi) is 8.24. The standard InChI is InChI=1S/C19H26N6.HI/c1-15-21-10-8-17(23-15)12-22-19(20-2)24-18-9-11-25(14-18)13-16-6-4-3-5-7-16;/h3-8,10,18H,9,11-14H2,1-2H3,(H2,20,22,24);1H. The first-order valence-electron chi connectivity index (χ1n) is 8.75. The van der Waals surface area contributed by atoms with Crippen molar-refractivity contribution in [1.82, 2.24) is 25.5 Å². The molecule has 1 atom stereocenters. The van der Waals surface area contributed by atoms with Crippen molar-refractivity contribution in [3.05, 3.63) is 59.7 Å². The number of nitrogens with one attached hydrogen (secondary N) is 2. The molecule has 0 bridgehead atoms. The predicted octanol–water partition coefficient (Wildman–Crippen LogP) is 2.34. The molecule has 2 N–H and O–H groups in total. The van der Waals surface area contributed by atoms with Gasteiger partial charge in [0.1, 0.15) is 5.82 Å². The Hall–Kier alpha value is -1.74. The van der Waals surface area contributed by atoms with Crippen molar-refractivity contribution in [2.75, 3.05) is 20.1 Å². The van der Waals surface area contributed by atoms with Crippen molar-refractivity contribution in [3.63, 3.8) is 0 Å². The molecule has 1 aliphatic rings. The van der Waals surface area contributed by atoms with Gasteiger partial charge in [-0.2, -0.15) is 0 Å². The van der Waals surface area contributed by atoms with Crippen molar-refractivity contribution in [2.45, 2.75) is 32.5 Å². The summed E-state index contributed by atoms with van der Waals surface area (Å²) in [5.74, 6) is 1.61. The van der Waals surface area contributed by atoms with Gasteiger partial charge in [-0.3, -0.25) is 9.89 Å². The lowest BCUT2D eigenvalue weighted by Crippen LogP contribution is -2.44. The van der Waals surface area contributed by atoms with E-state index in [1.807, 2.05) is 13.0 Å². The number of guanidine groups is 1. The lowest BCUT2D eigenvalue weighted by Gasteiger charge is -2.19. The van der Waals surface area contributed by atoms with Gasteiger partial charge in [0.2, 0.25) is 0 Å². The van der Waals surface area contributed by atoms with Crippen LogP contribution in [0.1, 0.15) is 23.5 Å². The van der Waals surface area contributed by atoms with Crippen LogP contribution in [0.5, 0.6) is 0 Å². The largest absolute Gasteiger partial charge is 0.352 e. The van der Waals surface area contributed by atoms with E-state index in [9.17, 15) is 0 Å². The first-order chi connectivity index (χ1) is 12.2. The number of benzene rings is 1. The number of aromatic nitrogens is 2. The summed E-state index contributed by atoms with van der Waals surface area (Å²) in [5, 5.41) is 6.85. The Morgan fingerprint density at radius 2 is 2.08 bits per heavy atom. The smallest absolute Gasteiger partial charge is 0.191 e. The van der Waals surface area contributed by atoms with Crippen molar-refractivity contribution < 1.29 is 0 Å². The summed E-state index contributed by atoms with van der Waals surface area (Å²) in [6.07, 6.45) is 2.91. The number of likely N-dealkylation sites (tertiary alicyclic amines) is 1. The van der Waals surface area contributed by atoms with Crippen LogP contribution >= 0.6 is 24.0 Å². The minimum Gasteiger partial charge on any atom is -0.352 e. The van der Waals surface area contributed by atoms with Crippen LogP contribution < -0.4 is 10.6 Å². The van der Waals surface area contributed by atoms with E-state index >= 15 is 0 Å². The third-order valence-corrected chi connectivity index (χ3v) is 4.36. The van der Waals surface area contributed by atoms with E-state index in [1.54, 1.807) is 13.2 Å². The molecule has 2 heterocycles. The molecule has 0 aliphatic carbocycles. The van der Waals surface area contributed by atoms with E-state index in [0.29, 0.717) is 12.6 Å². The highest BCUT2D eigenvalue weighted by Gasteiger charge is 2.23. The van der Waals surface area contributed by atoms with Gasteiger partial charge in [-0.1, -0.05) is 30.3 Å². The van der Waals surface area contributed by atoms with Gasteiger partial charge in [-0.05, 0) is 25.0 Å². The third kappa shape index (κ3) is 6.21. The molecule has 2 aromatic rings. The van der Waals surface area contributed by atoms with Gasteiger partial charge >= 0.3 is 0 Å². The van der Waals surface area contributed by atoms with E-state index in [-0.39, 0.29) is 24.0 Å². The van der Waals surface area contributed by atoms with Gasteiger partial charge in [-0.15, -0.1) is 24.0 Å². The van der Waals surface area contributed by atoms with E-state index in [2.05, 4.69) is 60.8 Å². The summed E-state index contributed by atoms with van der Waals surface area (Å²) in [5.41, 5.74) is 2.33. The molecule has 0 radical (unpaired) electrons. The monoisotopic (exact) mass is 466 g/mol. The molecule has 6 nitrogen and oxygen atoms in total. The molecular formula is C19H27IN6. The molecule has 1 fully saturated rings. The molecule has 0 spiro atoms. The fourth-order valence-corrected chi connectivity index (χ4v) is 3.10. The summed E-state index contributed by atoms with van der Waals surface area (Å²) < 4.78 is 0. The normalized spacial score (nSPS) is 17.6. The molecule has 1 aromatic carbocycles. The van der Waals surface area contributed by atoms with Gasteiger partial charge in [0.05, 0.1) is 12.2 Å². The number of aryl methyl sites for hydroxylation is 1. The molecule has 1 aromatic heterocycles. The second kappa shape index (κ2) is 10.4. The third-order valence-electron chi connectivity index (χ3n) is 4.36. The molecule has 7 heteroatoms. The highest BCUT2D eigenvalue weighted by Crippen LogP contribution is 2.13. The van der Waals surface area contributed by atoms with Gasteiger partial charge in [-0.25, -0.2) is 9.97 Å². The second-order valence-electron chi connectivity index (χ2n) is 6.37. The minimum atomic E-state index is 0. The summed E-state index contributed by atoms with van der Waals surface area (Å²) in [7, 11) is 1.80. The number of hydrogen-bond acceptors (Lipinski definition) is 4. The molecule has 1 saturated heterocycles. The Labute approximate surface area is 172 Å². The highest BCUT2D eigenvalue weighted by molar-refractivity contribution is 14.0. The Bertz CT molecular complexity index is 706. The van der Waals surface area contributed by atoms with Gasteiger partial charge in [0, 0.05) is 38.9 Å². The number of halogens is 1. The maximum absolute atomic E-state index is 4.41. The molecule has 140 valence electrons. The molecule has 1 unspecified atom stereocenters. The average Bonchev–Trinajstić information content (AvgIpc) is 3.06. The molecular weight excluding hydrogens is 439 g/mol. The van der Waals surface area contributed by atoms with Gasteiger partial charge < -0.3 is 10.6 Å². The van der Waals surface area contributed by atoms with Crippen molar-refractivity contribution in [1.29, 1.82) is 0 Å². The first kappa shape index (κ1) is 20.6. The van der Waals surface area contributed by atoms with Crippen molar-refractivity contribution in [2.24, 2.45) is 4.99 Å². The van der Waals surface area contributed by atoms with Crippen LogP contribution in [-0.4, -0.2) is 47.0 Å². The summed E-state index contributed by atoms with van der Waals surface area (Å²) >= 11 is 0. The zero-order valence-electron chi connectivity index (χ0n) is 15.4. The Morgan fingerprint density at radius 3 is 2.81 bits per heavy atom. The van der Waals surface area contributed by atoms with Crippen LogP contribution in [0.4, 0.5) is 0 Å². The number of nitrogens with zero attached hydrogens (tertiary/aromatic N) is 4.